The fourth-order valence-electron chi connectivity index (χ4n) is 2.89. The molecule has 1 N–H and O–H groups in total. The zero-order valence-corrected chi connectivity index (χ0v) is 14.5. The van der Waals surface area contributed by atoms with Crippen molar-refractivity contribution in [1.82, 2.24) is 0 Å². The monoisotopic (exact) mass is 351 g/mol. The molecule has 1 aliphatic carbocycles. The lowest BCUT2D eigenvalue weighted by Crippen LogP contribution is -2.20. The number of anilines is 1. The van der Waals surface area contributed by atoms with Gasteiger partial charge in [-0.05, 0) is 55.5 Å². The molecule has 0 radical (unpaired) electrons. The molecule has 0 bridgehead atoms. The number of nitrogens with one attached hydrogen (secondary N) is 1. The molecule has 0 saturated carbocycles. The summed E-state index contributed by atoms with van der Waals surface area (Å²) in [7, 11) is 0. The third kappa shape index (κ3) is 3.99. The molecule has 6 heteroatoms. The highest BCUT2D eigenvalue weighted by Gasteiger charge is 2.21. The van der Waals surface area contributed by atoms with Crippen LogP contribution in [-0.4, -0.2) is 12.5 Å². The second kappa shape index (κ2) is 7.83. The topological polar surface area (TPSA) is 85.9 Å². The van der Waals surface area contributed by atoms with Crippen LogP contribution in [0.2, 0.25) is 0 Å². The third-order valence-electron chi connectivity index (χ3n) is 4.14. The Morgan fingerprint density at radius 2 is 1.88 bits per heavy atom. The van der Waals surface area contributed by atoms with Crippen molar-refractivity contribution < 1.29 is 9.53 Å². The molecule has 0 spiro atoms. The van der Waals surface area contributed by atoms with E-state index in [4.69, 9.17) is 10.00 Å². The quantitative estimate of drug-likeness (QED) is 0.849. The van der Waals surface area contributed by atoms with Crippen LogP contribution in [0.25, 0.3) is 0 Å². The summed E-state index contributed by atoms with van der Waals surface area (Å²) >= 11 is 1.51. The van der Waals surface area contributed by atoms with E-state index in [0.717, 1.165) is 31.2 Å². The number of ether oxygens (including phenoxy) is 1. The van der Waals surface area contributed by atoms with E-state index in [9.17, 15) is 10.1 Å². The molecule has 25 heavy (non-hydrogen) atoms. The summed E-state index contributed by atoms with van der Waals surface area (Å²) in [6, 6.07) is 10.9. The van der Waals surface area contributed by atoms with Crippen molar-refractivity contribution in [3.63, 3.8) is 0 Å². The number of aryl methyl sites for hydroxylation is 1. The highest BCUT2D eigenvalue weighted by molar-refractivity contribution is 7.16. The number of nitrogens with zero attached hydrogens (tertiary/aromatic N) is 2. The van der Waals surface area contributed by atoms with Gasteiger partial charge in [0.2, 0.25) is 0 Å². The van der Waals surface area contributed by atoms with Crippen LogP contribution in [0.4, 0.5) is 5.00 Å². The molecule has 5 nitrogen and oxygen atoms in total. The van der Waals surface area contributed by atoms with E-state index in [2.05, 4.69) is 11.4 Å². The van der Waals surface area contributed by atoms with Crippen molar-refractivity contribution in [2.24, 2.45) is 0 Å². The van der Waals surface area contributed by atoms with Gasteiger partial charge in [-0.2, -0.15) is 10.5 Å². The number of carbonyl (C=O) groups is 1. The first-order valence-electron chi connectivity index (χ1n) is 8.18. The zero-order valence-electron chi connectivity index (χ0n) is 13.7. The van der Waals surface area contributed by atoms with Crippen LogP contribution in [0.5, 0.6) is 5.75 Å². The van der Waals surface area contributed by atoms with Crippen molar-refractivity contribution in [3.8, 4) is 17.9 Å². The summed E-state index contributed by atoms with van der Waals surface area (Å²) in [6.07, 6.45) is 5.30. The average molecular weight is 351 g/mol. The van der Waals surface area contributed by atoms with E-state index in [0.29, 0.717) is 21.9 Å². The second-order valence-electron chi connectivity index (χ2n) is 5.85. The van der Waals surface area contributed by atoms with Gasteiger partial charge in [0.1, 0.15) is 16.8 Å². The van der Waals surface area contributed by atoms with Crippen LogP contribution >= 0.6 is 11.3 Å². The first-order chi connectivity index (χ1) is 12.2. The summed E-state index contributed by atoms with van der Waals surface area (Å²) in [6.45, 7) is -0.140. The van der Waals surface area contributed by atoms with Crippen LogP contribution in [0.3, 0.4) is 0 Å². The Labute approximate surface area is 150 Å². The van der Waals surface area contributed by atoms with Crippen molar-refractivity contribution in [2.45, 2.75) is 32.1 Å². The number of hydrogen-bond acceptors (Lipinski definition) is 5. The van der Waals surface area contributed by atoms with Crippen molar-refractivity contribution in [1.29, 1.82) is 10.5 Å². The first kappa shape index (κ1) is 17.0. The van der Waals surface area contributed by atoms with Gasteiger partial charge in [-0.3, -0.25) is 4.79 Å². The highest BCUT2D eigenvalue weighted by Crippen LogP contribution is 2.36. The SMILES string of the molecule is N#Cc1ccc(OCC(=O)Nc2sc3c(c2C#N)CCCCC3)cc1. The predicted octanol–water partition coefficient (Wildman–Crippen LogP) is 3.78. The molecule has 2 aromatic rings. The smallest absolute Gasteiger partial charge is 0.262 e. The van der Waals surface area contributed by atoms with Gasteiger partial charge >= 0.3 is 0 Å². The molecule has 0 saturated heterocycles. The van der Waals surface area contributed by atoms with Crippen molar-refractivity contribution >= 4 is 22.2 Å². The van der Waals surface area contributed by atoms with E-state index < -0.39 is 0 Å². The molecule has 0 atom stereocenters. The van der Waals surface area contributed by atoms with E-state index >= 15 is 0 Å². The standard InChI is InChI=1S/C19H17N3O2S/c20-10-13-6-8-14(9-7-13)24-12-18(23)22-19-16(11-21)15-4-2-1-3-5-17(15)25-19/h6-9H,1-5,12H2,(H,22,23). The highest BCUT2D eigenvalue weighted by atomic mass is 32.1. The maximum atomic E-state index is 12.2. The van der Waals surface area contributed by atoms with E-state index in [1.165, 1.54) is 22.6 Å². The lowest BCUT2D eigenvalue weighted by atomic mass is 10.1. The van der Waals surface area contributed by atoms with Crippen LogP contribution in [0, 0.1) is 22.7 Å². The lowest BCUT2D eigenvalue weighted by Gasteiger charge is -2.07. The number of carbonyl (C=O) groups excluding carboxylic acids is 1. The predicted molar refractivity (Wildman–Crippen MR) is 95.6 cm³/mol. The largest absolute Gasteiger partial charge is 0.484 e. The van der Waals surface area contributed by atoms with E-state index in [-0.39, 0.29) is 12.5 Å². The maximum absolute atomic E-state index is 12.2. The summed E-state index contributed by atoms with van der Waals surface area (Å²) in [5, 5.41) is 21.7. The molecule has 126 valence electrons. The molecule has 3 rings (SSSR count). The molecule has 0 unspecified atom stereocenters. The van der Waals surface area contributed by atoms with Gasteiger partial charge in [0.15, 0.2) is 6.61 Å². The van der Waals surface area contributed by atoms with Gasteiger partial charge < -0.3 is 10.1 Å². The minimum Gasteiger partial charge on any atom is -0.484 e. The van der Waals surface area contributed by atoms with Crippen molar-refractivity contribution in [2.75, 3.05) is 11.9 Å². The van der Waals surface area contributed by atoms with Gasteiger partial charge in [0.05, 0.1) is 17.2 Å². The Morgan fingerprint density at radius 3 is 2.60 bits per heavy atom. The van der Waals surface area contributed by atoms with Gasteiger partial charge in [-0.15, -0.1) is 11.3 Å². The van der Waals surface area contributed by atoms with Crippen LogP contribution < -0.4 is 10.1 Å². The first-order valence-corrected chi connectivity index (χ1v) is 9.00. The molecule has 1 aromatic carbocycles. The Balaban J connectivity index is 1.65. The fraction of sp³-hybridized carbons (Fsp3) is 0.316. The number of amides is 1. The zero-order chi connectivity index (χ0) is 17.6. The van der Waals surface area contributed by atoms with Crippen LogP contribution in [0.1, 0.15) is 40.8 Å². The Morgan fingerprint density at radius 1 is 1.12 bits per heavy atom. The number of benzene rings is 1. The lowest BCUT2D eigenvalue weighted by molar-refractivity contribution is -0.118. The molecular weight excluding hydrogens is 334 g/mol. The molecule has 1 amide bonds. The minimum atomic E-state index is -0.294. The normalized spacial score (nSPS) is 13.0. The van der Waals surface area contributed by atoms with Gasteiger partial charge in [-0.1, -0.05) is 6.42 Å². The number of thiophene rings is 1. The number of hydrogen-bond donors (Lipinski definition) is 1. The Bertz CT molecular complexity index is 857. The summed E-state index contributed by atoms with van der Waals surface area (Å²) < 4.78 is 5.44. The third-order valence-corrected chi connectivity index (χ3v) is 5.35. The van der Waals surface area contributed by atoms with Crippen LogP contribution in [-0.2, 0) is 17.6 Å². The Kier molecular flexibility index (Phi) is 5.33. The van der Waals surface area contributed by atoms with Crippen molar-refractivity contribution in [3.05, 3.63) is 45.8 Å². The van der Waals surface area contributed by atoms with E-state index in [1.807, 2.05) is 6.07 Å². The molecular formula is C19H17N3O2S. The number of rotatable bonds is 4. The molecule has 1 heterocycles. The maximum Gasteiger partial charge on any atom is 0.262 e. The average Bonchev–Trinajstić information content (AvgIpc) is 2.79. The molecule has 0 aliphatic heterocycles. The minimum absolute atomic E-state index is 0.140. The van der Waals surface area contributed by atoms with Gasteiger partial charge in [0.25, 0.3) is 5.91 Å². The van der Waals surface area contributed by atoms with E-state index in [1.54, 1.807) is 24.3 Å². The van der Waals surface area contributed by atoms with Crippen LogP contribution in [0.15, 0.2) is 24.3 Å². The molecule has 0 fully saturated rings. The fourth-order valence-corrected chi connectivity index (χ4v) is 4.14. The Hall–Kier alpha value is -2.83. The number of nitriles is 2. The molecule has 1 aliphatic rings. The summed E-state index contributed by atoms with van der Waals surface area (Å²) in [5.74, 6) is 0.230. The second-order valence-corrected chi connectivity index (χ2v) is 6.96. The molecule has 1 aromatic heterocycles. The summed E-state index contributed by atoms with van der Waals surface area (Å²) in [5.41, 5.74) is 2.25. The summed E-state index contributed by atoms with van der Waals surface area (Å²) in [4.78, 5) is 13.4. The van der Waals surface area contributed by atoms with Gasteiger partial charge in [-0.25, -0.2) is 0 Å². The number of fused-ring (bicyclic) bond motifs is 1. The van der Waals surface area contributed by atoms with Gasteiger partial charge in [0, 0.05) is 4.88 Å².